The molecule has 0 aliphatic heterocycles. The number of rotatable bonds is 3. The Morgan fingerprint density at radius 2 is 2.15 bits per heavy atom. The van der Waals surface area contributed by atoms with Gasteiger partial charge in [-0.2, -0.15) is 5.10 Å². The Morgan fingerprint density at radius 3 is 2.54 bits per heavy atom. The fourth-order valence-electron chi connectivity index (χ4n) is 0.705. The summed E-state index contributed by atoms with van der Waals surface area (Å²) < 4.78 is 36.2. The quantitative estimate of drug-likeness (QED) is 0.789. The minimum Gasteiger partial charge on any atom is -0.476 e. The second kappa shape index (κ2) is 3.46. The van der Waals surface area contributed by atoms with Gasteiger partial charge in [-0.05, 0) is 6.07 Å². The lowest BCUT2D eigenvalue weighted by molar-refractivity contribution is 0.000410. The molecule has 0 saturated carbocycles. The van der Waals surface area contributed by atoms with E-state index in [1.165, 1.54) is 0 Å². The van der Waals surface area contributed by atoms with E-state index in [2.05, 4.69) is 5.10 Å². The zero-order valence-electron chi connectivity index (χ0n) is 6.19. The summed E-state index contributed by atoms with van der Waals surface area (Å²) in [6, 6.07) is 0.942. The molecule has 0 radical (unpaired) electrons. The molecule has 7 heteroatoms. The van der Waals surface area contributed by atoms with Crippen molar-refractivity contribution in [1.29, 1.82) is 0 Å². The average Bonchev–Trinajstić information content (AvgIpc) is 2.50. The van der Waals surface area contributed by atoms with Crippen LogP contribution in [0.1, 0.15) is 16.8 Å². The lowest BCUT2D eigenvalue weighted by Crippen LogP contribution is -2.13. The normalized spacial score (nSPS) is 13.2. The molecule has 13 heavy (non-hydrogen) atoms. The van der Waals surface area contributed by atoms with Gasteiger partial charge in [-0.25, -0.2) is 22.6 Å². The van der Waals surface area contributed by atoms with Crippen LogP contribution in [0.2, 0.25) is 0 Å². The Kier molecular flexibility index (Phi) is 2.54. The van der Waals surface area contributed by atoms with Gasteiger partial charge in [0.05, 0.1) is 0 Å². The maximum Gasteiger partial charge on any atom is 0.356 e. The van der Waals surface area contributed by atoms with Crippen molar-refractivity contribution in [3.8, 4) is 0 Å². The predicted octanol–water partition coefficient (Wildman–Crippen LogP) is 1.31. The van der Waals surface area contributed by atoms with Crippen molar-refractivity contribution in [2.45, 2.75) is 12.7 Å². The highest BCUT2D eigenvalue weighted by Crippen LogP contribution is 2.16. The molecule has 0 amide bonds. The molecule has 1 unspecified atom stereocenters. The summed E-state index contributed by atoms with van der Waals surface area (Å²) in [4.78, 5) is 10.2. The van der Waals surface area contributed by atoms with Gasteiger partial charge in [-0.3, -0.25) is 0 Å². The first kappa shape index (κ1) is 9.56. The summed E-state index contributed by atoms with van der Waals surface area (Å²) in [5, 5.41) is 11.4. The predicted molar refractivity (Wildman–Crippen MR) is 35.3 cm³/mol. The standard InChI is InChI=1S/C6H5F3N2O2/c7-4(8)5(9)11-2-1-3(10-11)6(12)13/h1-2,4-5H,(H,12,13). The number of carboxylic acids is 1. The van der Waals surface area contributed by atoms with Crippen molar-refractivity contribution < 1.29 is 23.1 Å². The summed E-state index contributed by atoms with van der Waals surface area (Å²) in [5.74, 6) is -1.39. The van der Waals surface area contributed by atoms with Gasteiger partial charge in [0.2, 0.25) is 0 Å². The number of hydrogen-bond acceptors (Lipinski definition) is 2. The molecule has 0 bridgehead atoms. The third-order valence-corrected chi connectivity index (χ3v) is 1.29. The first-order chi connectivity index (χ1) is 6.02. The number of aromatic nitrogens is 2. The number of alkyl halides is 3. The van der Waals surface area contributed by atoms with Crippen LogP contribution in [0, 0.1) is 0 Å². The second-order valence-corrected chi connectivity index (χ2v) is 2.19. The van der Waals surface area contributed by atoms with Crippen molar-refractivity contribution in [2.24, 2.45) is 0 Å². The van der Waals surface area contributed by atoms with E-state index < -0.39 is 24.4 Å². The third-order valence-electron chi connectivity index (χ3n) is 1.29. The zero-order chi connectivity index (χ0) is 10.0. The third kappa shape index (κ3) is 1.98. The van der Waals surface area contributed by atoms with Crippen molar-refractivity contribution in [3.05, 3.63) is 18.0 Å². The van der Waals surface area contributed by atoms with Crippen molar-refractivity contribution in [1.82, 2.24) is 9.78 Å². The molecule has 1 aromatic rings. The van der Waals surface area contributed by atoms with Crippen LogP contribution in [0.4, 0.5) is 13.2 Å². The zero-order valence-corrected chi connectivity index (χ0v) is 6.19. The summed E-state index contributed by atoms with van der Waals surface area (Å²) in [6.07, 6.45) is -4.98. The summed E-state index contributed by atoms with van der Waals surface area (Å²) in [7, 11) is 0. The van der Waals surface area contributed by atoms with Crippen molar-refractivity contribution in [2.75, 3.05) is 0 Å². The molecule has 0 spiro atoms. The van der Waals surface area contributed by atoms with Crippen LogP contribution in [0.25, 0.3) is 0 Å². The van der Waals surface area contributed by atoms with Crippen LogP contribution in [-0.2, 0) is 0 Å². The fraction of sp³-hybridized carbons (Fsp3) is 0.333. The molecule has 72 valence electrons. The van der Waals surface area contributed by atoms with E-state index in [4.69, 9.17) is 5.11 Å². The monoisotopic (exact) mass is 194 g/mol. The molecule has 0 aliphatic rings. The van der Waals surface area contributed by atoms with E-state index >= 15 is 0 Å². The molecule has 1 rings (SSSR count). The summed E-state index contributed by atoms with van der Waals surface area (Å²) >= 11 is 0. The van der Waals surface area contributed by atoms with Gasteiger partial charge in [0.1, 0.15) is 0 Å². The van der Waals surface area contributed by atoms with Gasteiger partial charge in [0.25, 0.3) is 12.7 Å². The molecule has 1 atom stereocenters. The van der Waals surface area contributed by atoms with Gasteiger partial charge < -0.3 is 5.11 Å². The van der Waals surface area contributed by atoms with E-state index in [1.807, 2.05) is 0 Å². The van der Waals surface area contributed by atoms with Crippen molar-refractivity contribution in [3.63, 3.8) is 0 Å². The average molecular weight is 194 g/mol. The Labute approximate surface area is 70.6 Å². The summed E-state index contributed by atoms with van der Waals surface area (Å²) in [6.45, 7) is 0. The molecule has 1 N–H and O–H groups in total. The van der Waals surface area contributed by atoms with E-state index in [0.29, 0.717) is 0 Å². The first-order valence-electron chi connectivity index (χ1n) is 3.23. The maximum atomic E-state index is 12.5. The highest BCUT2D eigenvalue weighted by molar-refractivity contribution is 5.85. The van der Waals surface area contributed by atoms with Gasteiger partial charge in [-0.1, -0.05) is 0 Å². The highest BCUT2D eigenvalue weighted by atomic mass is 19.3. The largest absolute Gasteiger partial charge is 0.476 e. The van der Waals surface area contributed by atoms with Crippen LogP contribution in [0.15, 0.2) is 12.3 Å². The number of halogens is 3. The molecule has 0 fully saturated rings. The number of carbonyl (C=O) groups is 1. The minimum atomic E-state index is -3.22. The fourth-order valence-corrected chi connectivity index (χ4v) is 0.705. The maximum absolute atomic E-state index is 12.5. The molecule has 1 heterocycles. The van der Waals surface area contributed by atoms with Gasteiger partial charge >= 0.3 is 5.97 Å². The molecule has 1 aromatic heterocycles. The van der Waals surface area contributed by atoms with Gasteiger partial charge in [0.15, 0.2) is 5.69 Å². The van der Waals surface area contributed by atoms with Crippen LogP contribution >= 0.6 is 0 Å². The van der Waals surface area contributed by atoms with E-state index in [0.717, 1.165) is 12.3 Å². The van der Waals surface area contributed by atoms with Crippen LogP contribution in [0.5, 0.6) is 0 Å². The molecule has 0 aromatic carbocycles. The van der Waals surface area contributed by atoms with Crippen LogP contribution in [-0.4, -0.2) is 27.3 Å². The minimum absolute atomic E-state index is 0.272. The molecule has 0 saturated heterocycles. The highest BCUT2D eigenvalue weighted by Gasteiger charge is 2.22. The van der Waals surface area contributed by atoms with E-state index in [9.17, 15) is 18.0 Å². The van der Waals surface area contributed by atoms with Gasteiger partial charge in [-0.15, -0.1) is 0 Å². The summed E-state index contributed by atoms with van der Waals surface area (Å²) in [5.41, 5.74) is -0.469. The molecule has 0 aliphatic carbocycles. The Balaban J connectivity index is 2.85. The topological polar surface area (TPSA) is 55.1 Å². The second-order valence-electron chi connectivity index (χ2n) is 2.19. The number of aromatic carboxylic acids is 1. The Bertz CT molecular complexity index is 313. The van der Waals surface area contributed by atoms with E-state index in [-0.39, 0.29) is 4.68 Å². The number of nitrogens with zero attached hydrogens (tertiary/aromatic N) is 2. The van der Waals surface area contributed by atoms with Crippen LogP contribution in [0.3, 0.4) is 0 Å². The molecule has 4 nitrogen and oxygen atoms in total. The molecular formula is C6H5F3N2O2. The molecular weight excluding hydrogens is 189 g/mol. The smallest absolute Gasteiger partial charge is 0.356 e. The van der Waals surface area contributed by atoms with Crippen LogP contribution < -0.4 is 0 Å². The Morgan fingerprint density at radius 1 is 1.54 bits per heavy atom. The lowest BCUT2D eigenvalue weighted by atomic mass is 10.5. The van der Waals surface area contributed by atoms with Crippen molar-refractivity contribution >= 4 is 5.97 Å². The lowest BCUT2D eigenvalue weighted by Gasteiger charge is -2.05. The SMILES string of the molecule is O=C(O)c1ccn(C(F)C(F)F)n1. The van der Waals surface area contributed by atoms with E-state index in [1.54, 1.807) is 0 Å². The Hall–Kier alpha value is -1.53. The number of carboxylic acid groups (broad SMARTS) is 1. The first-order valence-corrected chi connectivity index (χ1v) is 3.23. The van der Waals surface area contributed by atoms with Gasteiger partial charge in [0, 0.05) is 6.20 Å². The number of hydrogen-bond donors (Lipinski definition) is 1.